The molecule has 0 amide bonds. The topological polar surface area (TPSA) is 116 Å². The molecule has 0 spiro atoms. The standard InChI is InChI=1S/C20H20N6O3S.C4H8O/c1-4-29-16-10-5-7-12(22-16)19-24-18-20(23-15(25-30)11-21-18)26(19)17-13(27-2)8-6-9-14(17)28-3;5-4-2-1-3-4/h5-11,30H,4H2,1-3H3,(H,23,25);4-5H,1-3H2. The third kappa shape index (κ3) is 5.25. The highest BCUT2D eigenvalue weighted by Gasteiger charge is 2.23. The maximum Gasteiger partial charge on any atom is 0.213 e. The van der Waals surface area contributed by atoms with Crippen molar-refractivity contribution in [2.75, 3.05) is 25.5 Å². The molecule has 0 saturated heterocycles. The van der Waals surface area contributed by atoms with Gasteiger partial charge >= 0.3 is 0 Å². The van der Waals surface area contributed by atoms with Crippen molar-refractivity contribution >= 4 is 29.9 Å². The number of anilines is 1. The second-order valence-electron chi connectivity index (χ2n) is 7.68. The molecular weight excluding hydrogens is 468 g/mol. The highest BCUT2D eigenvalue weighted by molar-refractivity contribution is 7.81. The normalized spacial score (nSPS) is 12.9. The quantitative estimate of drug-likeness (QED) is 0.325. The maximum absolute atomic E-state index is 8.45. The van der Waals surface area contributed by atoms with Gasteiger partial charge in [0.25, 0.3) is 0 Å². The summed E-state index contributed by atoms with van der Waals surface area (Å²) in [5.74, 6) is 2.66. The van der Waals surface area contributed by atoms with Crippen LogP contribution in [0.4, 0.5) is 5.82 Å². The van der Waals surface area contributed by atoms with Crippen molar-refractivity contribution in [3.8, 4) is 34.6 Å². The van der Waals surface area contributed by atoms with E-state index in [9.17, 15) is 0 Å². The fourth-order valence-corrected chi connectivity index (χ4v) is 3.60. The zero-order valence-electron chi connectivity index (χ0n) is 19.8. The Labute approximate surface area is 208 Å². The number of nitrogens with zero attached hydrogens (tertiary/aromatic N) is 5. The first-order valence-electron chi connectivity index (χ1n) is 11.2. The van der Waals surface area contributed by atoms with Gasteiger partial charge in [0.05, 0.1) is 33.1 Å². The third-order valence-electron chi connectivity index (χ3n) is 5.43. The average Bonchev–Trinajstić information content (AvgIpc) is 3.26. The largest absolute Gasteiger partial charge is 0.494 e. The number of fused-ring (bicyclic) bond motifs is 1. The summed E-state index contributed by atoms with van der Waals surface area (Å²) in [6.07, 6.45) is 4.94. The van der Waals surface area contributed by atoms with E-state index in [1.807, 2.05) is 41.8 Å². The van der Waals surface area contributed by atoms with Crippen LogP contribution in [0.2, 0.25) is 0 Å². The smallest absolute Gasteiger partial charge is 0.213 e. The van der Waals surface area contributed by atoms with E-state index < -0.39 is 0 Å². The van der Waals surface area contributed by atoms with Crippen molar-refractivity contribution in [1.29, 1.82) is 0 Å². The molecule has 1 fully saturated rings. The Morgan fingerprint density at radius 2 is 1.74 bits per heavy atom. The SMILES string of the molecule is CCOc1cccc(-c2nc3ncc(NS)nc3n2-c2c(OC)cccc2OC)n1.OC1CCC1. The second kappa shape index (κ2) is 11.2. The number of benzene rings is 1. The van der Waals surface area contributed by atoms with Gasteiger partial charge in [-0.15, -0.1) is 0 Å². The molecule has 3 aromatic heterocycles. The fourth-order valence-electron chi connectivity index (χ4n) is 3.50. The summed E-state index contributed by atoms with van der Waals surface area (Å²) in [6, 6.07) is 11.0. The van der Waals surface area contributed by atoms with E-state index in [-0.39, 0.29) is 6.10 Å². The van der Waals surface area contributed by atoms with Crippen molar-refractivity contribution in [3.63, 3.8) is 0 Å². The maximum atomic E-state index is 8.45. The molecule has 0 radical (unpaired) electrons. The molecule has 184 valence electrons. The summed E-state index contributed by atoms with van der Waals surface area (Å²) in [5, 5.41) is 8.45. The molecule has 1 aliphatic carbocycles. The van der Waals surface area contributed by atoms with E-state index in [1.165, 1.54) is 6.42 Å². The molecule has 1 aromatic carbocycles. The van der Waals surface area contributed by atoms with Crippen LogP contribution in [0.15, 0.2) is 42.6 Å². The number of pyridine rings is 1. The molecule has 4 aromatic rings. The van der Waals surface area contributed by atoms with E-state index in [0.717, 1.165) is 12.8 Å². The van der Waals surface area contributed by atoms with Gasteiger partial charge in [-0.3, -0.25) is 4.57 Å². The van der Waals surface area contributed by atoms with Gasteiger partial charge < -0.3 is 24.0 Å². The summed E-state index contributed by atoms with van der Waals surface area (Å²) in [5.41, 5.74) is 2.16. The number of ether oxygens (including phenoxy) is 3. The number of aromatic nitrogens is 5. The van der Waals surface area contributed by atoms with E-state index >= 15 is 0 Å². The first-order valence-corrected chi connectivity index (χ1v) is 11.7. The van der Waals surface area contributed by atoms with Gasteiger partial charge in [0, 0.05) is 6.07 Å². The van der Waals surface area contributed by atoms with E-state index in [0.29, 0.717) is 58.3 Å². The van der Waals surface area contributed by atoms with Gasteiger partial charge in [-0.05, 0) is 44.4 Å². The Morgan fingerprint density at radius 1 is 1.06 bits per heavy atom. The number of para-hydroxylation sites is 1. The van der Waals surface area contributed by atoms with Crippen molar-refractivity contribution in [1.82, 2.24) is 24.5 Å². The van der Waals surface area contributed by atoms with Gasteiger partial charge in [-0.25, -0.2) is 19.9 Å². The molecule has 10 nitrogen and oxygen atoms in total. The number of hydrogen-bond acceptors (Lipinski definition) is 10. The monoisotopic (exact) mass is 496 g/mol. The van der Waals surface area contributed by atoms with Crippen molar-refractivity contribution < 1.29 is 19.3 Å². The highest BCUT2D eigenvalue weighted by atomic mass is 32.1. The van der Waals surface area contributed by atoms with Crippen molar-refractivity contribution in [2.45, 2.75) is 32.3 Å². The van der Waals surface area contributed by atoms with E-state index in [2.05, 4.69) is 32.5 Å². The predicted molar refractivity (Wildman–Crippen MR) is 137 cm³/mol. The molecule has 3 heterocycles. The predicted octanol–water partition coefficient (Wildman–Crippen LogP) is 4.08. The van der Waals surface area contributed by atoms with Gasteiger partial charge in [-0.2, -0.15) is 0 Å². The molecule has 1 aliphatic rings. The van der Waals surface area contributed by atoms with Crippen LogP contribution >= 0.6 is 12.8 Å². The van der Waals surface area contributed by atoms with Crippen LogP contribution in [-0.4, -0.2) is 56.5 Å². The van der Waals surface area contributed by atoms with Crippen LogP contribution in [0.5, 0.6) is 17.4 Å². The summed E-state index contributed by atoms with van der Waals surface area (Å²) in [6.45, 7) is 2.41. The minimum atomic E-state index is 0.0648. The average molecular weight is 497 g/mol. The van der Waals surface area contributed by atoms with Crippen molar-refractivity contribution in [2.24, 2.45) is 0 Å². The van der Waals surface area contributed by atoms with Crippen LogP contribution < -0.4 is 18.9 Å². The molecule has 0 atom stereocenters. The number of aliphatic hydroxyl groups excluding tert-OH is 1. The Kier molecular flexibility index (Phi) is 7.88. The van der Waals surface area contributed by atoms with Gasteiger partial charge in [0.1, 0.15) is 22.9 Å². The number of imidazole rings is 1. The van der Waals surface area contributed by atoms with Crippen LogP contribution in [0.25, 0.3) is 28.5 Å². The van der Waals surface area contributed by atoms with Crippen molar-refractivity contribution in [3.05, 3.63) is 42.6 Å². The first-order chi connectivity index (χ1) is 17.1. The number of nitrogens with one attached hydrogen (secondary N) is 1. The van der Waals surface area contributed by atoms with Crippen LogP contribution in [0.1, 0.15) is 26.2 Å². The summed E-state index contributed by atoms with van der Waals surface area (Å²) < 4.78 is 21.3. The number of rotatable bonds is 7. The fraction of sp³-hybridized carbons (Fsp3) is 0.333. The lowest BCUT2D eigenvalue weighted by atomic mass is 9.97. The zero-order chi connectivity index (χ0) is 24.8. The number of methoxy groups -OCH3 is 2. The first kappa shape index (κ1) is 24.6. The number of thiol groups is 1. The number of hydrogen-bond donors (Lipinski definition) is 3. The molecule has 0 unspecified atom stereocenters. The molecule has 5 rings (SSSR count). The van der Waals surface area contributed by atoms with Gasteiger partial charge in [-0.1, -0.05) is 24.9 Å². The minimum absolute atomic E-state index is 0.0648. The molecule has 11 heteroatoms. The Hall–Kier alpha value is -3.57. The molecule has 35 heavy (non-hydrogen) atoms. The molecule has 0 aliphatic heterocycles. The molecule has 0 bridgehead atoms. The lowest BCUT2D eigenvalue weighted by molar-refractivity contribution is 0.0950. The Balaban J connectivity index is 0.000000514. The van der Waals surface area contributed by atoms with E-state index in [4.69, 9.17) is 24.3 Å². The van der Waals surface area contributed by atoms with Gasteiger partial charge in [0.15, 0.2) is 22.9 Å². The number of aliphatic hydroxyl groups is 1. The highest BCUT2D eigenvalue weighted by Crippen LogP contribution is 2.37. The Morgan fingerprint density at radius 3 is 2.31 bits per heavy atom. The van der Waals surface area contributed by atoms with Crippen LogP contribution in [-0.2, 0) is 0 Å². The van der Waals surface area contributed by atoms with E-state index in [1.54, 1.807) is 26.5 Å². The minimum Gasteiger partial charge on any atom is -0.494 e. The van der Waals surface area contributed by atoms with Crippen LogP contribution in [0.3, 0.4) is 0 Å². The van der Waals surface area contributed by atoms with Crippen LogP contribution in [0, 0.1) is 0 Å². The zero-order valence-corrected chi connectivity index (χ0v) is 20.7. The lowest BCUT2D eigenvalue weighted by Gasteiger charge is -2.17. The summed E-state index contributed by atoms with van der Waals surface area (Å²) in [4.78, 5) is 18.3. The summed E-state index contributed by atoms with van der Waals surface area (Å²) in [7, 11) is 3.19. The lowest BCUT2D eigenvalue weighted by Crippen LogP contribution is -2.15. The second-order valence-corrected chi connectivity index (χ2v) is 7.90. The Bertz CT molecular complexity index is 1270. The summed E-state index contributed by atoms with van der Waals surface area (Å²) >= 11 is 4.09. The molecular formula is C24H28N6O4S. The molecule has 1 saturated carbocycles. The third-order valence-corrected chi connectivity index (χ3v) is 5.66. The molecule has 2 N–H and O–H groups in total. The van der Waals surface area contributed by atoms with Gasteiger partial charge in [0.2, 0.25) is 5.88 Å².